The maximum absolute atomic E-state index is 12.6. The molecule has 0 spiro atoms. The molecule has 4 rings (SSSR count). The molecule has 2 heterocycles. The molecule has 0 bridgehead atoms. The van der Waals surface area contributed by atoms with Gasteiger partial charge < -0.3 is 13.9 Å². The Labute approximate surface area is 174 Å². The Hall–Kier alpha value is -2.84. The van der Waals surface area contributed by atoms with Crippen LogP contribution in [0.3, 0.4) is 0 Å². The van der Waals surface area contributed by atoms with E-state index in [2.05, 4.69) is 4.98 Å². The van der Waals surface area contributed by atoms with Crippen LogP contribution >= 0.6 is 23.1 Å². The maximum Gasteiger partial charge on any atom is 0.342 e. The van der Waals surface area contributed by atoms with Gasteiger partial charge in [0, 0.05) is 12.3 Å². The van der Waals surface area contributed by atoms with E-state index in [1.165, 1.54) is 18.7 Å². The zero-order valence-electron chi connectivity index (χ0n) is 15.8. The lowest BCUT2D eigenvalue weighted by molar-refractivity contribution is -0.131. The first-order valence-corrected chi connectivity index (χ1v) is 10.7. The zero-order chi connectivity index (χ0) is 20.4. The van der Waals surface area contributed by atoms with Crippen molar-refractivity contribution in [2.75, 3.05) is 6.61 Å². The molecule has 0 atom stereocenters. The fourth-order valence-corrected chi connectivity index (χ4v) is 4.93. The van der Waals surface area contributed by atoms with E-state index in [0.29, 0.717) is 33.8 Å². The van der Waals surface area contributed by atoms with Gasteiger partial charge in [0.25, 0.3) is 0 Å². The molecule has 0 aliphatic rings. The predicted molar refractivity (Wildman–Crippen MR) is 113 cm³/mol. The molecule has 0 aliphatic heterocycles. The van der Waals surface area contributed by atoms with Gasteiger partial charge in [0.1, 0.15) is 22.7 Å². The molecule has 0 amide bonds. The molecular weight excluding hydrogens is 410 g/mol. The topological polar surface area (TPSA) is 78.6 Å². The van der Waals surface area contributed by atoms with Gasteiger partial charge in [-0.25, -0.2) is 9.78 Å². The van der Waals surface area contributed by atoms with Gasteiger partial charge in [0.05, 0.1) is 22.6 Å². The maximum atomic E-state index is 12.6. The Morgan fingerprint density at radius 2 is 2.03 bits per heavy atom. The molecule has 6 nitrogen and oxygen atoms in total. The summed E-state index contributed by atoms with van der Waals surface area (Å²) in [5, 5.41) is 0.557. The number of nitrogens with zero attached hydrogens (tertiary/aromatic N) is 1. The third-order valence-electron chi connectivity index (χ3n) is 4.07. The molecule has 4 aromatic rings. The fourth-order valence-electron chi connectivity index (χ4n) is 2.93. The third kappa shape index (κ3) is 4.13. The number of furan rings is 1. The average Bonchev–Trinajstić information content (AvgIpc) is 3.26. The van der Waals surface area contributed by atoms with Crippen LogP contribution < -0.4 is 4.74 Å². The molecule has 0 saturated heterocycles. The normalized spacial score (nSPS) is 11.1. The van der Waals surface area contributed by atoms with E-state index in [9.17, 15) is 9.59 Å². The number of thioether (sulfide) groups is 1. The van der Waals surface area contributed by atoms with E-state index in [-0.39, 0.29) is 6.61 Å². The number of hydrogen-bond donors (Lipinski definition) is 0. The number of para-hydroxylation sites is 1. The van der Waals surface area contributed by atoms with E-state index in [0.717, 1.165) is 14.6 Å². The predicted octanol–water partition coefficient (Wildman–Crippen LogP) is 5.44. The number of carbonyl (C=O) groups excluding carboxylic acids is 2. The molecule has 8 heteroatoms. The summed E-state index contributed by atoms with van der Waals surface area (Å²) in [4.78, 5) is 28.5. The number of carbonyl (C=O) groups is 2. The van der Waals surface area contributed by atoms with Crippen LogP contribution in [0, 0.1) is 0 Å². The second-order valence-corrected chi connectivity index (χ2v) is 8.36. The minimum absolute atomic E-state index is 0.250. The lowest BCUT2D eigenvalue weighted by Gasteiger charge is -2.03. The van der Waals surface area contributed by atoms with Crippen molar-refractivity contribution in [1.82, 2.24) is 4.98 Å². The number of rotatable bonds is 6. The molecule has 2 aromatic heterocycles. The van der Waals surface area contributed by atoms with Crippen molar-refractivity contribution in [1.29, 1.82) is 0 Å². The highest BCUT2D eigenvalue weighted by atomic mass is 32.2. The van der Waals surface area contributed by atoms with Crippen molar-refractivity contribution in [2.24, 2.45) is 0 Å². The summed E-state index contributed by atoms with van der Waals surface area (Å²) < 4.78 is 18.3. The summed E-state index contributed by atoms with van der Waals surface area (Å²) in [6, 6.07) is 12.9. The number of ether oxygens (including phenoxy) is 2. The summed E-state index contributed by atoms with van der Waals surface area (Å²) >= 11 is 3.09. The van der Waals surface area contributed by atoms with Gasteiger partial charge in [-0.15, -0.1) is 11.3 Å². The number of hydrogen-bond acceptors (Lipinski definition) is 8. The quantitative estimate of drug-likeness (QED) is 0.230. The second kappa shape index (κ2) is 8.26. The largest absolute Gasteiger partial charge is 0.462 e. The Bertz CT molecular complexity index is 1180. The van der Waals surface area contributed by atoms with Crippen molar-refractivity contribution in [2.45, 2.75) is 23.9 Å². The van der Waals surface area contributed by atoms with Crippen LogP contribution in [-0.4, -0.2) is 23.5 Å². The van der Waals surface area contributed by atoms with Crippen molar-refractivity contribution in [3.8, 4) is 5.75 Å². The van der Waals surface area contributed by atoms with E-state index < -0.39 is 11.9 Å². The molecule has 0 fully saturated rings. The van der Waals surface area contributed by atoms with Crippen molar-refractivity contribution < 1.29 is 23.5 Å². The highest BCUT2D eigenvalue weighted by Crippen LogP contribution is 2.36. The van der Waals surface area contributed by atoms with Gasteiger partial charge >= 0.3 is 11.9 Å². The minimum Gasteiger partial charge on any atom is -0.462 e. The van der Waals surface area contributed by atoms with Crippen LogP contribution in [0.4, 0.5) is 0 Å². The van der Waals surface area contributed by atoms with E-state index in [1.54, 1.807) is 36.5 Å². The number of fused-ring (bicyclic) bond motifs is 2. The molecule has 0 unspecified atom stereocenters. The summed E-state index contributed by atoms with van der Waals surface area (Å²) in [7, 11) is 0. The van der Waals surface area contributed by atoms with Crippen molar-refractivity contribution >= 4 is 56.2 Å². The molecular formula is C21H17NO5S2. The molecule has 29 heavy (non-hydrogen) atoms. The molecule has 148 valence electrons. The van der Waals surface area contributed by atoms with Crippen molar-refractivity contribution in [3.05, 3.63) is 53.8 Å². The standard InChI is InChI=1S/C21H17NO5S2/c1-3-25-20(24)19-14-10-13(26-12(2)23)8-9-16(14)27-17(19)11-28-21-22-15-6-4-5-7-18(15)29-21/h4-10H,3,11H2,1-2H3. The summed E-state index contributed by atoms with van der Waals surface area (Å²) in [6.45, 7) is 3.32. The average molecular weight is 428 g/mol. The summed E-state index contributed by atoms with van der Waals surface area (Å²) in [5.41, 5.74) is 1.83. The highest BCUT2D eigenvalue weighted by molar-refractivity contribution is 8.00. The molecule has 0 saturated carbocycles. The Morgan fingerprint density at radius 1 is 1.21 bits per heavy atom. The van der Waals surface area contributed by atoms with Gasteiger partial charge in [-0.05, 0) is 37.3 Å². The van der Waals surface area contributed by atoms with Gasteiger partial charge in [-0.3, -0.25) is 4.79 Å². The van der Waals surface area contributed by atoms with Crippen LogP contribution in [0.15, 0.2) is 51.2 Å². The molecule has 2 aromatic carbocycles. The van der Waals surface area contributed by atoms with Crippen LogP contribution in [0.1, 0.15) is 30.0 Å². The van der Waals surface area contributed by atoms with Gasteiger partial charge in [-0.2, -0.15) is 0 Å². The van der Waals surface area contributed by atoms with Crippen molar-refractivity contribution in [3.63, 3.8) is 0 Å². The number of esters is 2. The molecule has 0 N–H and O–H groups in total. The Morgan fingerprint density at radius 3 is 2.79 bits per heavy atom. The zero-order valence-corrected chi connectivity index (χ0v) is 17.4. The number of benzene rings is 2. The van der Waals surface area contributed by atoms with Crippen LogP contribution in [0.2, 0.25) is 0 Å². The molecule has 0 aliphatic carbocycles. The van der Waals surface area contributed by atoms with Gasteiger partial charge in [-0.1, -0.05) is 23.9 Å². The lowest BCUT2D eigenvalue weighted by atomic mass is 10.1. The van der Waals surface area contributed by atoms with Crippen LogP contribution in [0.5, 0.6) is 5.75 Å². The molecule has 0 radical (unpaired) electrons. The van der Waals surface area contributed by atoms with Crippen LogP contribution in [-0.2, 0) is 15.3 Å². The first kappa shape index (κ1) is 19.5. The van der Waals surface area contributed by atoms with E-state index in [4.69, 9.17) is 13.9 Å². The van der Waals surface area contributed by atoms with Gasteiger partial charge in [0.2, 0.25) is 0 Å². The first-order valence-electron chi connectivity index (χ1n) is 8.94. The van der Waals surface area contributed by atoms with Crippen LogP contribution in [0.25, 0.3) is 21.2 Å². The minimum atomic E-state index is -0.467. The van der Waals surface area contributed by atoms with E-state index >= 15 is 0 Å². The number of thiazole rings is 1. The highest BCUT2D eigenvalue weighted by Gasteiger charge is 2.23. The first-order chi connectivity index (χ1) is 14.0. The fraction of sp³-hybridized carbons (Fsp3) is 0.190. The van der Waals surface area contributed by atoms with E-state index in [1.807, 2.05) is 24.3 Å². The summed E-state index contributed by atoms with van der Waals surface area (Å²) in [6.07, 6.45) is 0. The number of aromatic nitrogens is 1. The second-order valence-electron chi connectivity index (χ2n) is 6.11. The lowest BCUT2D eigenvalue weighted by Crippen LogP contribution is -2.06. The third-order valence-corrected chi connectivity index (χ3v) is 6.25. The SMILES string of the molecule is CCOC(=O)c1c(CSc2nc3ccccc3s2)oc2ccc(OC(C)=O)cc12. The monoisotopic (exact) mass is 427 g/mol. The Kier molecular flexibility index (Phi) is 5.55. The summed E-state index contributed by atoms with van der Waals surface area (Å²) in [5.74, 6) is 0.374. The smallest absolute Gasteiger partial charge is 0.342 e. The Balaban J connectivity index is 1.68. The van der Waals surface area contributed by atoms with Gasteiger partial charge in [0.15, 0.2) is 4.34 Å².